The summed E-state index contributed by atoms with van der Waals surface area (Å²) in [6.07, 6.45) is 9.06. The number of carbonyl (C=O) groups is 1. The number of anilines is 1. The van der Waals surface area contributed by atoms with E-state index in [2.05, 4.69) is 14.9 Å². The fourth-order valence-corrected chi connectivity index (χ4v) is 5.20. The van der Waals surface area contributed by atoms with Gasteiger partial charge in [0, 0.05) is 32.2 Å². The molecule has 0 radical (unpaired) electrons. The van der Waals surface area contributed by atoms with Crippen LogP contribution in [0.4, 0.5) is 10.3 Å². The molecule has 1 aromatic heterocycles. The van der Waals surface area contributed by atoms with Crippen LogP contribution in [-0.2, 0) is 11.2 Å². The number of ether oxygens (including phenoxy) is 1. The number of rotatable bonds is 8. The average Bonchev–Trinajstić information content (AvgIpc) is 3.55. The monoisotopic (exact) mass is 472 g/mol. The quantitative estimate of drug-likeness (QED) is 0.571. The Hall–Kier alpha value is -2.41. The van der Waals surface area contributed by atoms with Gasteiger partial charge in [-0.2, -0.15) is 0 Å². The SMILES string of the molecule is O=C(Cc1ccc(OCC[C@H]2C[C@H]2C2CCN(c3ncc(Cl)cn3)CC2)cc1F)N1CCC1. The summed E-state index contributed by atoms with van der Waals surface area (Å²) in [6, 6.07) is 4.87. The Balaban J connectivity index is 1.02. The first kappa shape index (κ1) is 22.4. The van der Waals surface area contributed by atoms with Crippen LogP contribution in [0.3, 0.4) is 0 Å². The Labute approximate surface area is 199 Å². The number of piperidine rings is 1. The molecule has 2 aromatic rings. The number of benzene rings is 1. The second kappa shape index (κ2) is 9.84. The van der Waals surface area contributed by atoms with Gasteiger partial charge in [0.05, 0.1) is 30.4 Å². The minimum atomic E-state index is -0.359. The molecule has 3 heterocycles. The van der Waals surface area contributed by atoms with Crippen molar-refractivity contribution in [2.45, 2.75) is 38.5 Å². The Morgan fingerprint density at radius 3 is 2.58 bits per heavy atom. The molecule has 1 aliphatic carbocycles. The Morgan fingerprint density at radius 2 is 1.91 bits per heavy atom. The first-order chi connectivity index (χ1) is 16.1. The lowest BCUT2D eigenvalue weighted by molar-refractivity contribution is -0.133. The third-order valence-electron chi connectivity index (χ3n) is 7.34. The molecule has 5 rings (SSSR count). The highest BCUT2D eigenvalue weighted by molar-refractivity contribution is 6.30. The third-order valence-corrected chi connectivity index (χ3v) is 7.54. The second-order valence-electron chi connectivity index (χ2n) is 9.49. The highest BCUT2D eigenvalue weighted by Crippen LogP contribution is 2.49. The molecule has 1 aromatic carbocycles. The van der Waals surface area contributed by atoms with Crippen LogP contribution in [0.25, 0.3) is 0 Å². The lowest BCUT2D eigenvalue weighted by Gasteiger charge is -2.32. The fraction of sp³-hybridized carbons (Fsp3) is 0.560. The van der Waals surface area contributed by atoms with E-state index in [0.29, 0.717) is 28.9 Å². The van der Waals surface area contributed by atoms with Crippen molar-refractivity contribution in [1.82, 2.24) is 14.9 Å². The number of hydrogen-bond donors (Lipinski definition) is 0. The number of amides is 1. The molecule has 0 bridgehead atoms. The van der Waals surface area contributed by atoms with E-state index in [0.717, 1.165) is 69.6 Å². The summed E-state index contributed by atoms with van der Waals surface area (Å²) in [5.41, 5.74) is 0.442. The number of halogens is 2. The van der Waals surface area contributed by atoms with Gasteiger partial charge in [-0.25, -0.2) is 14.4 Å². The van der Waals surface area contributed by atoms with E-state index in [1.807, 2.05) is 0 Å². The standard InChI is InChI=1S/C25H30ClFN4O2/c26-20-15-28-25(29-16-20)31-9-4-17(5-10-31)22-12-18(22)6-11-33-21-3-2-19(23(27)14-21)13-24(32)30-7-1-8-30/h2-3,14-18,22H,1,4-13H2/t18-,22-/m0/s1. The minimum Gasteiger partial charge on any atom is -0.493 e. The van der Waals surface area contributed by atoms with Gasteiger partial charge < -0.3 is 14.5 Å². The highest BCUT2D eigenvalue weighted by Gasteiger charge is 2.43. The maximum absolute atomic E-state index is 14.4. The summed E-state index contributed by atoms with van der Waals surface area (Å²) < 4.78 is 20.2. The van der Waals surface area contributed by atoms with Gasteiger partial charge in [0.2, 0.25) is 11.9 Å². The maximum atomic E-state index is 14.4. The minimum absolute atomic E-state index is 0.000110. The van der Waals surface area contributed by atoms with Gasteiger partial charge in [-0.15, -0.1) is 0 Å². The van der Waals surface area contributed by atoms with E-state index in [4.69, 9.17) is 16.3 Å². The number of likely N-dealkylation sites (tertiary alicyclic amines) is 1. The van der Waals surface area contributed by atoms with E-state index in [9.17, 15) is 9.18 Å². The lowest BCUT2D eigenvalue weighted by Crippen LogP contribution is -2.42. The Kier molecular flexibility index (Phi) is 6.67. The van der Waals surface area contributed by atoms with Crippen molar-refractivity contribution in [3.05, 3.63) is 47.0 Å². The zero-order chi connectivity index (χ0) is 22.8. The van der Waals surface area contributed by atoms with Gasteiger partial charge in [-0.3, -0.25) is 4.79 Å². The van der Waals surface area contributed by atoms with Crippen LogP contribution in [0.2, 0.25) is 5.02 Å². The Morgan fingerprint density at radius 1 is 1.15 bits per heavy atom. The number of nitrogens with zero attached hydrogens (tertiary/aromatic N) is 4. The van der Waals surface area contributed by atoms with Crippen LogP contribution >= 0.6 is 11.6 Å². The van der Waals surface area contributed by atoms with Gasteiger partial charge in [0.15, 0.2) is 0 Å². The summed E-state index contributed by atoms with van der Waals surface area (Å²) in [7, 11) is 0. The van der Waals surface area contributed by atoms with Crippen LogP contribution < -0.4 is 9.64 Å². The van der Waals surface area contributed by atoms with Crippen molar-refractivity contribution in [2.75, 3.05) is 37.7 Å². The van der Waals surface area contributed by atoms with Crippen molar-refractivity contribution in [3.8, 4) is 5.75 Å². The molecule has 1 saturated carbocycles. The van der Waals surface area contributed by atoms with E-state index in [-0.39, 0.29) is 18.1 Å². The van der Waals surface area contributed by atoms with Crippen LogP contribution in [-0.4, -0.2) is 53.6 Å². The van der Waals surface area contributed by atoms with Crippen molar-refractivity contribution < 1.29 is 13.9 Å². The van der Waals surface area contributed by atoms with E-state index in [1.54, 1.807) is 29.4 Å². The molecule has 2 atom stereocenters. The molecule has 2 aliphatic heterocycles. The molecule has 3 aliphatic rings. The number of aromatic nitrogens is 2. The van der Waals surface area contributed by atoms with E-state index in [1.165, 1.54) is 12.5 Å². The molecule has 8 heteroatoms. The first-order valence-electron chi connectivity index (χ1n) is 12.0. The third kappa shape index (κ3) is 5.40. The van der Waals surface area contributed by atoms with E-state index >= 15 is 0 Å². The van der Waals surface area contributed by atoms with Gasteiger partial charge in [-0.05, 0) is 61.5 Å². The molecule has 0 spiro atoms. The molecular formula is C25H30ClFN4O2. The molecule has 0 unspecified atom stereocenters. The van der Waals surface area contributed by atoms with Crippen LogP contribution in [0.1, 0.15) is 37.7 Å². The molecule has 3 fully saturated rings. The zero-order valence-electron chi connectivity index (χ0n) is 18.8. The predicted octanol–water partition coefficient (Wildman–Crippen LogP) is 4.37. The van der Waals surface area contributed by atoms with Crippen molar-refractivity contribution in [2.24, 2.45) is 17.8 Å². The van der Waals surface area contributed by atoms with Crippen molar-refractivity contribution >= 4 is 23.5 Å². The smallest absolute Gasteiger partial charge is 0.227 e. The maximum Gasteiger partial charge on any atom is 0.227 e. The van der Waals surface area contributed by atoms with Gasteiger partial charge >= 0.3 is 0 Å². The van der Waals surface area contributed by atoms with Crippen molar-refractivity contribution in [3.63, 3.8) is 0 Å². The largest absolute Gasteiger partial charge is 0.493 e. The van der Waals surface area contributed by atoms with E-state index < -0.39 is 0 Å². The molecular weight excluding hydrogens is 443 g/mol. The summed E-state index contributed by atoms with van der Waals surface area (Å²) in [4.78, 5) is 24.7. The first-order valence-corrected chi connectivity index (χ1v) is 12.4. The second-order valence-corrected chi connectivity index (χ2v) is 9.92. The van der Waals surface area contributed by atoms with Crippen LogP contribution in [0.5, 0.6) is 5.75 Å². The number of hydrogen-bond acceptors (Lipinski definition) is 5. The van der Waals surface area contributed by atoms with Crippen molar-refractivity contribution in [1.29, 1.82) is 0 Å². The number of carbonyl (C=O) groups excluding carboxylic acids is 1. The van der Waals surface area contributed by atoms with Crippen LogP contribution in [0.15, 0.2) is 30.6 Å². The normalized spacial score (nSPS) is 22.7. The van der Waals surface area contributed by atoms with Crippen LogP contribution in [0, 0.1) is 23.6 Å². The predicted molar refractivity (Wildman–Crippen MR) is 125 cm³/mol. The average molecular weight is 473 g/mol. The molecule has 6 nitrogen and oxygen atoms in total. The lowest BCUT2D eigenvalue weighted by atomic mass is 9.90. The molecule has 0 N–H and O–H groups in total. The highest BCUT2D eigenvalue weighted by atomic mass is 35.5. The fourth-order valence-electron chi connectivity index (χ4n) is 5.11. The summed E-state index contributed by atoms with van der Waals surface area (Å²) in [6.45, 7) is 4.15. The van der Waals surface area contributed by atoms with Gasteiger partial charge in [0.1, 0.15) is 11.6 Å². The Bertz CT molecular complexity index is 977. The molecule has 176 valence electrons. The summed E-state index contributed by atoms with van der Waals surface area (Å²) in [5.74, 6) is 3.17. The molecule has 1 amide bonds. The van der Waals surface area contributed by atoms with Gasteiger partial charge in [-0.1, -0.05) is 17.7 Å². The topological polar surface area (TPSA) is 58.6 Å². The zero-order valence-corrected chi connectivity index (χ0v) is 19.5. The molecule has 2 saturated heterocycles. The summed E-state index contributed by atoms with van der Waals surface area (Å²) in [5, 5.41) is 0.563. The van der Waals surface area contributed by atoms with Gasteiger partial charge in [0.25, 0.3) is 0 Å². The summed E-state index contributed by atoms with van der Waals surface area (Å²) >= 11 is 5.88. The molecule has 33 heavy (non-hydrogen) atoms.